The Hall–Kier alpha value is -0.880. The SMILES string of the molecule is N.NO[N+](=O)[O-]. The third-order valence-electron chi connectivity index (χ3n) is 0.0861. The highest BCUT2D eigenvalue weighted by atomic mass is 17.0. The van der Waals surface area contributed by atoms with E-state index in [-0.39, 0.29) is 6.15 Å². The zero-order valence-electron chi connectivity index (χ0n) is 2.96. The number of nitrogens with two attached hydrogens (primary N) is 1. The first-order valence-electron chi connectivity index (χ1n) is 0.783. The lowest BCUT2D eigenvalue weighted by Crippen LogP contribution is -2.05. The smallest absolute Gasteiger partial charge is 0.311 e. The van der Waals surface area contributed by atoms with Crippen LogP contribution < -0.4 is 12.0 Å². The van der Waals surface area contributed by atoms with Gasteiger partial charge in [-0.3, -0.25) is 0 Å². The van der Waals surface area contributed by atoms with E-state index in [1.54, 1.807) is 0 Å². The molecule has 0 bridgehead atoms. The molecule has 0 aliphatic carbocycles. The Morgan fingerprint density at radius 2 is 2.00 bits per heavy atom. The summed E-state index contributed by atoms with van der Waals surface area (Å²) in [7, 11) is 0. The quantitative estimate of drug-likeness (QED) is 0.328. The fourth-order valence-corrected chi connectivity index (χ4v) is 0. The van der Waals surface area contributed by atoms with Gasteiger partial charge in [0, 0.05) is 0 Å². The molecule has 0 saturated heterocycles. The van der Waals surface area contributed by atoms with Crippen LogP contribution >= 0.6 is 0 Å². The van der Waals surface area contributed by atoms with E-state index in [1.807, 2.05) is 0 Å². The van der Waals surface area contributed by atoms with Gasteiger partial charge in [-0.1, -0.05) is 0 Å². The van der Waals surface area contributed by atoms with E-state index >= 15 is 0 Å². The lowest BCUT2D eigenvalue weighted by atomic mass is 13.0. The van der Waals surface area contributed by atoms with Crippen molar-refractivity contribution in [3.63, 3.8) is 0 Å². The second-order valence-corrected chi connectivity index (χ2v) is 0.329. The molecule has 0 saturated carbocycles. The fourth-order valence-electron chi connectivity index (χ4n) is 0. The van der Waals surface area contributed by atoms with Gasteiger partial charge in [-0.15, -0.1) is 10.1 Å². The molecule has 0 aliphatic rings. The van der Waals surface area contributed by atoms with Gasteiger partial charge >= 0.3 is 5.09 Å². The Balaban J connectivity index is 0. The average molecular weight is 95.1 g/mol. The summed E-state index contributed by atoms with van der Waals surface area (Å²) in [5.74, 6) is 3.97. The van der Waals surface area contributed by atoms with Crippen molar-refractivity contribution in [2.24, 2.45) is 5.90 Å². The predicted molar refractivity (Wildman–Crippen MR) is 17.3 cm³/mol. The van der Waals surface area contributed by atoms with Gasteiger partial charge in [0.15, 0.2) is 0 Å². The summed E-state index contributed by atoms with van der Waals surface area (Å²) < 4.78 is 0. The van der Waals surface area contributed by atoms with Crippen molar-refractivity contribution in [1.29, 1.82) is 0 Å². The molecule has 0 atom stereocenters. The molecule has 0 rings (SSSR count). The van der Waals surface area contributed by atoms with E-state index in [9.17, 15) is 0 Å². The summed E-state index contributed by atoms with van der Waals surface area (Å²) in [6, 6.07) is 0. The molecule has 0 unspecified atom stereocenters. The molecule has 0 aromatic rings. The van der Waals surface area contributed by atoms with Gasteiger partial charge in [0.2, 0.25) is 0 Å². The highest BCUT2D eigenvalue weighted by Gasteiger charge is 1.78. The van der Waals surface area contributed by atoms with Gasteiger partial charge in [0.05, 0.1) is 0 Å². The topological polar surface area (TPSA) is 113 Å². The molecular weight excluding hydrogens is 90.0 g/mol. The van der Waals surface area contributed by atoms with E-state index in [4.69, 9.17) is 10.1 Å². The molecule has 6 nitrogen and oxygen atoms in total. The Morgan fingerprint density at radius 3 is 2.00 bits per heavy atom. The Bertz CT molecular complexity index is 41.3. The summed E-state index contributed by atoms with van der Waals surface area (Å²) in [6.45, 7) is 0. The number of hydrogen-bond donors (Lipinski definition) is 2. The standard InChI is InChI=1S/H2N2O3.H3N/c1-5-2(3)4;/h1H2;1H3. The first-order valence-corrected chi connectivity index (χ1v) is 0.783. The van der Waals surface area contributed by atoms with Gasteiger partial charge in [-0.05, 0) is 0 Å². The van der Waals surface area contributed by atoms with Crippen LogP contribution in [0.3, 0.4) is 0 Å². The van der Waals surface area contributed by atoms with Crippen LogP contribution in [0.15, 0.2) is 0 Å². The van der Waals surface area contributed by atoms with Crippen LogP contribution in [0.5, 0.6) is 0 Å². The van der Waals surface area contributed by atoms with Crippen LogP contribution in [0.1, 0.15) is 0 Å². The van der Waals surface area contributed by atoms with Crippen molar-refractivity contribution in [3.05, 3.63) is 10.1 Å². The second kappa shape index (κ2) is 4.12. The minimum atomic E-state index is -1.10. The molecule has 0 heterocycles. The molecule has 6 heavy (non-hydrogen) atoms. The summed E-state index contributed by atoms with van der Waals surface area (Å²) in [5, 5.41) is 7.73. The minimum Gasteiger partial charge on any atom is -0.344 e. The zero-order valence-corrected chi connectivity index (χ0v) is 2.96. The molecule has 38 valence electrons. The molecule has 0 aromatic heterocycles. The molecule has 6 heteroatoms. The number of hydrogen-bond acceptors (Lipinski definition) is 5. The highest BCUT2D eigenvalue weighted by molar-refractivity contribution is 3.85. The maximum absolute atomic E-state index is 8.83. The van der Waals surface area contributed by atoms with Crippen LogP contribution in [-0.2, 0) is 4.94 Å². The molecule has 0 amide bonds. The van der Waals surface area contributed by atoms with Crippen LogP contribution in [0.4, 0.5) is 0 Å². The summed E-state index contributed by atoms with van der Waals surface area (Å²) in [5.41, 5.74) is 0. The van der Waals surface area contributed by atoms with Crippen LogP contribution in [0, 0.1) is 10.1 Å². The molecule has 0 spiro atoms. The van der Waals surface area contributed by atoms with E-state index in [0.717, 1.165) is 0 Å². The zero-order chi connectivity index (χ0) is 4.28. The number of nitrogens with zero attached hydrogens (tertiary/aromatic N) is 1. The maximum Gasteiger partial charge on any atom is 0.311 e. The Morgan fingerprint density at radius 1 is 1.83 bits per heavy atom. The van der Waals surface area contributed by atoms with Crippen LogP contribution in [0.25, 0.3) is 0 Å². The van der Waals surface area contributed by atoms with Gasteiger partial charge in [0.25, 0.3) is 0 Å². The first-order chi connectivity index (χ1) is 2.27. The normalized spacial score (nSPS) is 5.50. The van der Waals surface area contributed by atoms with Gasteiger partial charge < -0.3 is 6.15 Å². The van der Waals surface area contributed by atoms with E-state index in [1.165, 1.54) is 0 Å². The van der Waals surface area contributed by atoms with E-state index in [2.05, 4.69) is 10.8 Å². The Labute approximate surface area is 33.5 Å². The summed E-state index contributed by atoms with van der Waals surface area (Å²) in [4.78, 5) is 11.8. The van der Waals surface area contributed by atoms with Gasteiger partial charge in [0.1, 0.15) is 0 Å². The van der Waals surface area contributed by atoms with Crippen molar-refractivity contribution < 1.29 is 10.0 Å². The molecule has 0 aromatic carbocycles. The monoisotopic (exact) mass is 95.0 g/mol. The molecule has 5 N–H and O–H groups in total. The molecule has 0 radical (unpaired) electrons. The van der Waals surface area contributed by atoms with Gasteiger partial charge in [-0.25, -0.2) is 4.94 Å². The van der Waals surface area contributed by atoms with Gasteiger partial charge in [-0.2, -0.15) is 5.90 Å². The average Bonchev–Trinajstić information content (AvgIpc) is 1.38. The minimum absolute atomic E-state index is 0. The fraction of sp³-hybridized carbons (Fsp3) is 0. The summed E-state index contributed by atoms with van der Waals surface area (Å²) in [6.07, 6.45) is 0. The molecule has 0 fully saturated rings. The predicted octanol–water partition coefficient (Wildman–Crippen LogP) is -0.770. The highest BCUT2D eigenvalue weighted by Crippen LogP contribution is 1.52. The van der Waals surface area contributed by atoms with Crippen molar-refractivity contribution in [3.8, 4) is 0 Å². The lowest BCUT2D eigenvalue weighted by Gasteiger charge is -1.74. The lowest BCUT2D eigenvalue weighted by molar-refractivity contribution is -0.762. The third kappa shape index (κ3) is 11.2. The molecule has 0 aliphatic heterocycles. The van der Waals surface area contributed by atoms with E-state index < -0.39 is 5.09 Å². The van der Waals surface area contributed by atoms with Crippen molar-refractivity contribution in [2.45, 2.75) is 0 Å². The Kier molecular flexibility index (Phi) is 6.13. The van der Waals surface area contributed by atoms with Crippen LogP contribution in [-0.4, -0.2) is 5.09 Å². The third-order valence-corrected chi connectivity index (χ3v) is 0.0861. The maximum atomic E-state index is 8.83. The summed E-state index contributed by atoms with van der Waals surface area (Å²) >= 11 is 0. The second-order valence-electron chi connectivity index (χ2n) is 0.329. The van der Waals surface area contributed by atoms with Crippen molar-refractivity contribution >= 4 is 0 Å². The largest absolute Gasteiger partial charge is 0.344 e. The van der Waals surface area contributed by atoms with Crippen molar-refractivity contribution in [1.82, 2.24) is 6.15 Å². The molecular formula is H5N3O3. The van der Waals surface area contributed by atoms with Crippen molar-refractivity contribution in [2.75, 3.05) is 0 Å². The number of rotatable bonds is 1. The van der Waals surface area contributed by atoms with E-state index in [0.29, 0.717) is 0 Å². The van der Waals surface area contributed by atoms with Crippen LogP contribution in [0.2, 0.25) is 0 Å². The first kappa shape index (κ1) is 8.93.